The smallest absolute Gasteiger partial charge is 0.177 e. The molecular weight excluding hydrogens is 718 g/mol. The number of rotatable bonds is 5. The van der Waals surface area contributed by atoms with Gasteiger partial charge < -0.3 is 18.6 Å². The van der Waals surface area contributed by atoms with Gasteiger partial charge in [-0.25, -0.2) is 21.6 Å². The van der Waals surface area contributed by atoms with Crippen LogP contribution in [0.25, 0.3) is 55.0 Å². The van der Waals surface area contributed by atoms with Gasteiger partial charge >= 0.3 is 0 Å². The summed E-state index contributed by atoms with van der Waals surface area (Å²) in [7, 11) is -3.56. The Morgan fingerprint density at radius 1 is 0.685 bits per heavy atom. The number of aromatic nitrogens is 6. The van der Waals surface area contributed by atoms with Crippen molar-refractivity contribution in [2.24, 2.45) is 0 Å². The minimum Gasteiger partial charge on any atom is -0.379 e. The van der Waals surface area contributed by atoms with Crippen LogP contribution in [0.5, 0.6) is 0 Å². The van der Waals surface area contributed by atoms with Crippen LogP contribution >= 0.6 is 0 Å². The lowest BCUT2D eigenvalue weighted by molar-refractivity contribution is -0.0540. The zero-order chi connectivity index (χ0) is 37.7. The van der Waals surface area contributed by atoms with E-state index in [2.05, 4.69) is 33.4 Å². The third-order valence-corrected chi connectivity index (χ3v) is 11.8. The largest absolute Gasteiger partial charge is 0.379 e. The third kappa shape index (κ3) is 5.34. The number of H-pyrrole nitrogens is 2. The molecule has 10 rings (SSSR count). The van der Waals surface area contributed by atoms with Crippen molar-refractivity contribution in [1.29, 1.82) is 0 Å². The summed E-state index contributed by atoms with van der Waals surface area (Å²) < 4.78 is 82.0. The van der Waals surface area contributed by atoms with Crippen molar-refractivity contribution < 1.29 is 31.1 Å². The van der Waals surface area contributed by atoms with E-state index in [0.717, 1.165) is 55.7 Å². The predicted molar refractivity (Wildman–Crippen MR) is 200 cm³/mol. The summed E-state index contributed by atoms with van der Waals surface area (Å²) >= 11 is 0. The van der Waals surface area contributed by atoms with Crippen molar-refractivity contribution >= 4 is 53.4 Å². The second kappa shape index (κ2) is 12.0. The lowest BCUT2D eigenvalue weighted by Crippen LogP contribution is -2.46. The highest BCUT2D eigenvalue weighted by Crippen LogP contribution is 2.44. The maximum absolute atomic E-state index is 14.0. The molecule has 276 valence electrons. The maximum Gasteiger partial charge on any atom is 0.177 e. The van der Waals surface area contributed by atoms with Gasteiger partial charge in [0, 0.05) is 50.9 Å². The Balaban J connectivity index is 0.000000144. The fraction of sp³-hybridized carbons (Fsp3) is 0.250. The summed E-state index contributed by atoms with van der Waals surface area (Å²) in [5, 5.41) is 17.5. The van der Waals surface area contributed by atoms with Crippen molar-refractivity contribution in [2.75, 3.05) is 32.7 Å². The number of fused-ring (bicyclic) bond motifs is 4. The van der Waals surface area contributed by atoms with E-state index in [1.807, 2.05) is 40.3 Å². The first-order chi connectivity index (χ1) is 25.7. The van der Waals surface area contributed by atoms with Crippen LogP contribution in [0.4, 0.5) is 13.2 Å². The first kappa shape index (κ1) is 34.3. The highest BCUT2D eigenvalue weighted by atomic mass is 32.2. The molecule has 2 aliphatic heterocycles. The quantitative estimate of drug-likeness (QED) is 0.186. The Morgan fingerprint density at radius 3 is 1.85 bits per heavy atom. The molecule has 0 bridgehead atoms. The molecule has 6 heterocycles. The van der Waals surface area contributed by atoms with Gasteiger partial charge in [0.25, 0.3) is 0 Å². The lowest BCUT2D eigenvalue weighted by Gasteiger charge is -2.39. The van der Waals surface area contributed by atoms with Crippen molar-refractivity contribution in [3.05, 3.63) is 114 Å². The third-order valence-electron chi connectivity index (χ3n) is 10.6. The molecule has 0 spiro atoms. The SMILES string of the molecule is CC1(c2cc3cc4[nH]ncc4cc3n2-c2ccc(F)c(F)c2)COC1.Cc1cc(-n2c(C3(C)COC3)c(S(C)(=O)=O)c3cc4[nH]ncc4cc32)ccc1F. The Labute approximate surface area is 307 Å². The highest BCUT2D eigenvalue weighted by molar-refractivity contribution is 7.91. The molecule has 0 aliphatic carbocycles. The Bertz CT molecular complexity index is 2920. The van der Waals surface area contributed by atoms with E-state index in [0.29, 0.717) is 48.8 Å². The molecular formula is C40H35F3N6O4S. The number of nitrogens with zero attached hydrogens (tertiary/aromatic N) is 4. The summed E-state index contributed by atoms with van der Waals surface area (Å²) in [5.74, 6) is -2.01. The van der Waals surface area contributed by atoms with Gasteiger partial charge in [-0.3, -0.25) is 10.2 Å². The van der Waals surface area contributed by atoms with Crippen LogP contribution in [-0.4, -0.2) is 70.6 Å². The molecule has 2 N–H and O–H groups in total. The van der Waals surface area contributed by atoms with Crippen LogP contribution in [-0.2, 0) is 30.1 Å². The molecule has 4 aromatic heterocycles. The van der Waals surface area contributed by atoms with E-state index in [4.69, 9.17) is 9.47 Å². The fourth-order valence-electron chi connectivity index (χ4n) is 7.75. The molecule has 2 aliphatic rings. The monoisotopic (exact) mass is 752 g/mol. The van der Waals surface area contributed by atoms with Gasteiger partial charge in [-0.05, 0) is 87.0 Å². The topological polar surface area (TPSA) is 120 Å². The Hall–Kier alpha value is -5.44. The number of hydrogen-bond acceptors (Lipinski definition) is 6. The van der Waals surface area contributed by atoms with Gasteiger partial charge in [0.2, 0.25) is 0 Å². The minimum atomic E-state index is -3.56. The van der Waals surface area contributed by atoms with Gasteiger partial charge in [0.15, 0.2) is 21.5 Å². The Morgan fingerprint density at radius 2 is 1.28 bits per heavy atom. The van der Waals surface area contributed by atoms with Crippen LogP contribution in [0, 0.1) is 24.4 Å². The van der Waals surface area contributed by atoms with E-state index in [-0.39, 0.29) is 16.1 Å². The van der Waals surface area contributed by atoms with Crippen molar-refractivity contribution in [3.8, 4) is 11.4 Å². The molecule has 14 heteroatoms. The molecule has 0 saturated carbocycles. The van der Waals surface area contributed by atoms with Crippen LogP contribution in [0.15, 0.2) is 84.0 Å². The van der Waals surface area contributed by atoms with Gasteiger partial charge in [0.1, 0.15) is 5.82 Å². The minimum absolute atomic E-state index is 0.157. The first-order valence-electron chi connectivity index (χ1n) is 17.3. The number of benzene rings is 4. The van der Waals surface area contributed by atoms with E-state index >= 15 is 0 Å². The number of nitrogens with one attached hydrogen (secondary N) is 2. The molecule has 10 nitrogen and oxygen atoms in total. The normalized spacial score (nSPS) is 16.4. The van der Waals surface area contributed by atoms with E-state index < -0.39 is 26.9 Å². The van der Waals surface area contributed by atoms with Crippen LogP contribution in [0.2, 0.25) is 0 Å². The number of halogens is 3. The van der Waals surface area contributed by atoms with Gasteiger partial charge in [0.05, 0.1) is 82.3 Å². The number of hydrogen-bond donors (Lipinski definition) is 2. The standard InChI is InChI=1S/C21H20FN3O3S.C19H15F2N3O/c1-12-6-14(4-5-16(12)22)25-18-7-13-9-23-24-17(13)8-15(18)19(29(3,26)27)20(25)21(2)10-28-11-21;1-19(9-25-10-19)18-6-11-4-16-12(8-22-23-16)5-17(11)24(18)13-2-3-14(20)15(21)7-13/h4-9H,10-11H2,1-3H3,(H,23,24);2-8H,9-10H2,1H3,(H,22,23). The zero-order valence-electron chi connectivity index (χ0n) is 29.8. The molecule has 8 aromatic rings. The highest BCUT2D eigenvalue weighted by Gasteiger charge is 2.44. The predicted octanol–water partition coefficient (Wildman–Crippen LogP) is 7.72. The maximum atomic E-state index is 14.0. The van der Waals surface area contributed by atoms with E-state index in [1.54, 1.807) is 37.5 Å². The van der Waals surface area contributed by atoms with E-state index in [1.165, 1.54) is 18.4 Å². The average Bonchev–Trinajstić information content (AvgIpc) is 3.90. The van der Waals surface area contributed by atoms with Crippen molar-refractivity contribution in [1.82, 2.24) is 29.5 Å². The lowest BCUT2D eigenvalue weighted by atomic mass is 9.84. The average molecular weight is 753 g/mol. The van der Waals surface area contributed by atoms with E-state index in [9.17, 15) is 21.6 Å². The molecule has 0 amide bonds. The summed E-state index contributed by atoms with van der Waals surface area (Å²) in [4.78, 5) is 0.289. The second-order valence-corrected chi connectivity index (χ2v) is 16.9. The molecule has 2 fully saturated rings. The van der Waals surface area contributed by atoms with Crippen LogP contribution in [0.3, 0.4) is 0 Å². The Kier molecular flexibility index (Phi) is 7.65. The summed E-state index contributed by atoms with van der Waals surface area (Å²) in [6.45, 7) is 7.87. The number of aromatic amines is 2. The second-order valence-electron chi connectivity index (χ2n) is 15.0. The molecule has 4 aromatic carbocycles. The molecule has 0 unspecified atom stereocenters. The van der Waals surface area contributed by atoms with Gasteiger partial charge in [-0.2, -0.15) is 10.2 Å². The van der Waals surface area contributed by atoms with Crippen molar-refractivity contribution in [3.63, 3.8) is 0 Å². The van der Waals surface area contributed by atoms with Gasteiger partial charge in [-0.15, -0.1) is 0 Å². The number of ether oxygens (including phenoxy) is 2. The zero-order valence-corrected chi connectivity index (χ0v) is 30.6. The summed E-state index contributed by atoms with van der Waals surface area (Å²) in [6, 6.07) is 18.7. The van der Waals surface area contributed by atoms with Gasteiger partial charge in [-0.1, -0.05) is 0 Å². The first-order valence-corrected chi connectivity index (χ1v) is 19.2. The molecule has 2 saturated heterocycles. The fourth-order valence-corrected chi connectivity index (χ4v) is 9.00. The summed E-state index contributed by atoms with van der Waals surface area (Å²) in [6.07, 6.45) is 4.69. The van der Waals surface area contributed by atoms with Crippen LogP contribution < -0.4 is 0 Å². The molecule has 54 heavy (non-hydrogen) atoms. The molecule has 0 radical (unpaired) electrons. The number of aryl methyl sites for hydroxylation is 1. The molecule has 0 atom stereocenters. The summed E-state index contributed by atoms with van der Waals surface area (Å²) in [5.41, 5.74) is 6.27. The number of sulfone groups is 1. The van der Waals surface area contributed by atoms with Crippen molar-refractivity contribution in [2.45, 2.75) is 36.5 Å². The van der Waals surface area contributed by atoms with Crippen LogP contribution in [0.1, 0.15) is 30.8 Å².